The minimum atomic E-state index is -0.609. The average Bonchev–Trinajstić information content (AvgIpc) is 2.30. The molecule has 1 aromatic carbocycles. The zero-order valence-electron chi connectivity index (χ0n) is 8.23. The number of allylic oxidation sites excluding steroid dienone is 4. The van der Waals surface area contributed by atoms with Crippen molar-refractivity contribution in [1.29, 1.82) is 0 Å². The number of hydrogen-bond donors (Lipinski definition) is 0. The van der Waals surface area contributed by atoms with Crippen molar-refractivity contribution in [1.82, 2.24) is 0 Å². The fraction of sp³-hybridized carbons (Fsp3) is 0.0769. The molecule has 0 amide bonds. The van der Waals surface area contributed by atoms with Crippen molar-refractivity contribution in [2.24, 2.45) is 0 Å². The number of Topliss-reactive ketones (excluding diaryl/α,β-unsaturated/α-hetero) is 1. The molecule has 1 aromatic rings. The number of ketones is 1. The van der Waals surface area contributed by atoms with E-state index in [4.69, 9.17) is 0 Å². The van der Waals surface area contributed by atoms with Crippen molar-refractivity contribution < 1.29 is 4.79 Å². The van der Waals surface area contributed by atoms with Crippen molar-refractivity contribution in [2.45, 2.75) is 6.42 Å². The molecule has 1 nitrogen and oxygen atoms in total. The number of hydrogen-bond acceptors (Lipinski definition) is 1. The molecular weight excluding hydrogens is 245 g/mol. The first-order chi connectivity index (χ1) is 7.36. The second-order valence-corrected chi connectivity index (χ2v) is 6.54. The van der Waals surface area contributed by atoms with Crippen molar-refractivity contribution in [3.63, 3.8) is 0 Å². The molecule has 2 aliphatic rings. The summed E-state index contributed by atoms with van der Waals surface area (Å²) in [7, 11) is 0. The Morgan fingerprint density at radius 2 is 2.07 bits per heavy atom. The molecule has 0 saturated heterocycles. The van der Waals surface area contributed by atoms with E-state index in [1.807, 2.05) is 18.2 Å². The van der Waals surface area contributed by atoms with Gasteiger partial charge in [-0.05, 0) is 0 Å². The van der Waals surface area contributed by atoms with Crippen LogP contribution in [0.15, 0.2) is 46.4 Å². The Bertz CT molecular complexity index is 535. The Morgan fingerprint density at radius 1 is 1.20 bits per heavy atom. The molecular formula is C13H10GeO. The summed E-state index contributed by atoms with van der Waals surface area (Å²) in [6.45, 7) is 0. The Balaban J connectivity index is 2.20. The summed E-state index contributed by atoms with van der Waals surface area (Å²) in [4.78, 5) is 14.4. The molecule has 0 bridgehead atoms. The first-order valence-corrected chi connectivity index (χ1v) is 7.68. The van der Waals surface area contributed by atoms with Crippen LogP contribution < -0.4 is 0 Å². The predicted molar refractivity (Wildman–Crippen MR) is 63.9 cm³/mol. The van der Waals surface area contributed by atoms with Crippen LogP contribution in [-0.2, 0) is 6.42 Å². The predicted octanol–water partition coefficient (Wildman–Crippen LogP) is 1.49. The Hall–Kier alpha value is -1.22. The number of fused-ring (bicyclic) bond motifs is 1. The van der Waals surface area contributed by atoms with E-state index >= 15 is 0 Å². The molecule has 0 spiro atoms. The SMILES string of the molecule is O=C1[C]2=C(C=C[CH]=[GeH]2)Cc2ccccc21. The Kier molecular flexibility index (Phi) is 2.06. The molecule has 0 aromatic heterocycles. The van der Waals surface area contributed by atoms with Gasteiger partial charge in [0.15, 0.2) is 0 Å². The molecule has 0 radical (unpaired) electrons. The van der Waals surface area contributed by atoms with Gasteiger partial charge in [0.05, 0.1) is 0 Å². The second kappa shape index (κ2) is 3.42. The van der Waals surface area contributed by atoms with E-state index in [1.165, 1.54) is 11.1 Å². The van der Waals surface area contributed by atoms with Crippen LogP contribution in [0, 0.1) is 0 Å². The van der Waals surface area contributed by atoms with Gasteiger partial charge in [0.2, 0.25) is 0 Å². The number of carbonyl (C=O) groups excluding carboxylic acids is 1. The van der Waals surface area contributed by atoms with Crippen LogP contribution in [0.2, 0.25) is 0 Å². The molecule has 3 rings (SSSR count). The molecule has 1 heterocycles. The molecule has 15 heavy (non-hydrogen) atoms. The fourth-order valence-corrected chi connectivity index (χ4v) is 4.52. The summed E-state index contributed by atoms with van der Waals surface area (Å²) < 4.78 is 1.14. The zero-order valence-corrected chi connectivity index (χ0v) is 10.7. The van der Waals surface area contributed by atoms with E-state index < -0.39 is 15.0 Å². The third-order valence-corrected chi connectivity index (χ3v) is 5.80. The standard InChI is InChI=1S/C13H10GeO/c15-13-11-6-2-1-4-9(11)8-10-5-3-7-14-12(10)13/h1-7,14H,8H2. The van der Waals surface area contributed by atoms with E-state index in [1.54, 1.807) is 0 Å². The number of carbonyl (C=O) groups is 1. The molecule has 0 N–H and O–H groups in total. The van der Waals surface area contributed by atoms with Gasteiger partial charge in [-0.3, -0.25) is 0 Å². The Labute approximate surface area is 94.5 Å². The second-order valence-electron chi connectivity index (χ2n) is 3.82. The van der Waals surface area contributed by atoms with Crippen molar-refractivity contribution >= 4 is 25.6 Å². The number of benzene rings is 1. The van der Waals surface area contributed by atoms with E-state index in [2.05, 4.69) is 23.1 Å². The van der Waals surface area contributed by atoms with E-state index in [0.29, 0.717) is 0 Å². The maximum absolute atomic E-state index is 12.2. The summed E-state index contributed by atoms with van der Waals surface area (Å²) in [6.07, 6.45) is 5.16. The van der Waals surface area contributed by atoms with Gasteiger partial charge in [-0.25, -0.2) is 0 Å². The van der Waals surface area contributed by atoms with Crippen LogP contribution in [0.5, 0.6) is 0 Å². The summed E-state index contributed by atoms with van der Waals surface area (Å²) in [5.74, 6) is 0.285. The molecule has 0 fully saturated rings. The van der Waals surface area contributed by atoms with Gasteiger partial charge >= 0.3 is 94.4 Å². The molecule has 1 aliphatic heterocycles. The van der Waals surface area contributed by atoms with Gasteiger partial charge in [0, 0.05) is 0 Å². The van der Waals surface area contributed by atoms with Gasteiger partial charge in [0.1, 0.15) is 0 Å². The van der Waals surface area contributed by atoms with Crippen LogP contribution in [0.3, 0.4) is 0 Å². The molecule has 0 unspecified atom stereocenters. The maximum atomic E-state index is 12.2. The normalized spacial score (nSPS) is 17.7. The summed E-state index contributed by atoms with van der Waals surface area (Å²) in [5.41, 5.74) is 3.38. The van der Waals surface area contributed by atoms with E-state index in [0.717, 1.165) is 16.4 Å². The summed E-state index contributed by atoms with van der Waals surface area (Å²) in [5, 5.41) is 0. The molecule has 1 aliphatic carbocycles. The van der Waals surface area contributed by atoms with Gasteiger partial charge in [-0.2, -0.15) is 0 Å². The van der Waals surface area contributed by atoms with Gasteiger partial charge in [-0.1, -0.05) is 0 Å². The van der Waals surface area contributed by atoms with E-state index in [-0.39, 0.29) is 5.78 Å². The third-order valence-electron chi connectivity index (χ3n) is 2.90. The van der Waals surface area contributed by atoms with Crippen LogP contribution in [-0.4, -0.2) is 25.6 Å². The Morgan fingerprint density at radius 3 is 3.00 bits per heavy atom. The van der Waals surface area contributed by atoms with Gasteiger partial charge in [0.25, 0.3) is 0 Å². The van der Waals surface area contributed by atoms with Crippen molar-refractivity contribution in [3.8, 4) is 0 Å². The van der Waals surface area contributed by atoms with Crippen molar-refractivity contribution in [2.75, 3.05) is 0 Å². The number of rotatable bonds is 0. The molecule has 2 heteroatoms. The zero-order chi connectivity index (χ0) is 10.3. The van der Waals surface area contributed by atoms with Crippen molar-refractivity contribution in [3.05, 3.63) is 57.5 Å². The van der Waals surface area contributed by atoms with Crippen LogP contribution in [0.25, 0.3) is 0 Å². The van der Waals surface area contributed by atoms with Crippen LogP contribution >= 0.6 is 0 Å². The molecule has 0 atom stereocenters. The quantitative estimate of drug-likeness (QED) is 0.642. The first-order valence-electron chi connectivity index (χ1n) is 5.07. The molecule has 72 valence electrons. The van der Waals surface area contributed by atoms with Crippen LogP contribution in [0.1, 0.15) is 15.9 Å². The summed E-state index contributed by atoms with van der Waals surface area (Å²) in [6, 6.07) is 7.98. The topological polar surface area (TPSA) is 17.1 Å². The molecule has 0 saturated carbocycles. The van der Waals surface area contributed by atoms with Gasteiger partial charge < -0.3 is 0 Å². The van der Waals surface area contributed by atoms with Gasteiger partial charge in [-0.15, -0.1) is 0 Å². The monoisotopic (exact) mass is 256 g/mol. The van der Waals surface area contributed by atoms with Crippen LogP contribution in [0.4, 0.5) is 0 Å². The summed E-state index contributed by atoms with van der Waals surface area (Å²) >= 11 is -0.609. The van der Waals surface area contributed by atoms with E-state index in [9.17, 15) is 4.79 Å². The fourth-order valence-electron chi connectivity index (χ4n) is 2.14. The minimum absolute atomic E-state index is 0.285. The third kappa shape index (κ3) is 1.38. The first kappa shape index (κ1) is 9.04. The average molecular weight is 255 g/mol.